The summed E-state index contributed by atoms with van der Waals surface area (Å²) in [7, 11) is 0. The van der Waals surface area contributed by atoms with E-state index in [0.717, 1.165) is 11.6 Å². The first-order valence-electron chi connectivity index (χ1n) is 12.5. The second kappa shape index (κ2) is 12.9. The van der Waals surface area contributed by atoms with Crippen LogP contribution in [-0.2, 0) is 17.9 Å². The molecule has 0 radical (unpaired) electrons. The van der Waals surface area contributed by atoms with Gasteiger partial charge in [0.15, 0.2) is 17.7 Å². The number of rotatable bonds is 11. The van der Waals surface area contributed by atoms with E-state index in [4.69, 9.17) is 15.2 Å². The van der Waals surface area contributed by atoms with Gasteiger partial charge in [-0.2, -0.15) is 15.0 Å². The van der Waals surface area contributed by atoms with Gasteiger partial charge in [0.2, 0.25) is 5.88 Å². The number of carbonyl (C=O) groups is 2. The topological polar surface area (TPSA) is 190 Å². The number of aromatic hydroxyl groups is 2. The van der Waals surface area contributed by atoms with Crippen molar-refractivity contribution in [2.24, 2.45) is 5.73 Å². The first kappa shape index (κ1) is 29.6. The molecule has 0 aliphatic carbocycles. The van der Waals surface area contributed by atoms with E-state index in [1.165, 1.54) is 13.0 Å². The average molecular weight is 582 g/mol. The van der Waals surface area contributed by atoms with Crippen molar-refractivity contribution in [3.05, 3.63) is 83.1 Å². The number of aliphatic carboxylic acids is 1. The minimum Gasteiger partial charge on any atom is -0.493 e. The second-order valence-electron chi connectivity index (χ2n) is 8.88. The fourth-order valence-electron chi connectivity index (χ4n) is 3.82. The molecule has 218 valence electrons. The standard InChI is InChI=1S/C28H25F2N5O7/c1-2-22(27(38)39)42-26-20(30)10-19(29)25(35-26)41-18-8-15(7-17(9-18)16-5-3-4-14(6-16)12-31)13-32-24(37)21-11-23(36)34-28(40)33-21/h3-11,22H,2,12-13,31H2,1H3,(H,32,37)(H,38,39)(H2,33,34,36,40). The lowest BCUT2D eigenvalue weighted by atomic mass is 10.0. The lowest BCUT2D eigenvalue weighted by Crippen LogP contribution is -2.26. The van der Waals surface area contributed by atoms with Gasteiger partial charge in [0.25, 0.3) is 17.7 Å². The highest BCUT2D eigenvalue weighted by molar-refractivity contribution is 5.92. The highest BCUT2D eigenvalue weighted by Crippen LogP contribution is 2.32. The zero-order valence-corrected chi connectivity index (χ0v) is 22.0. The molecule has 0 aliphatic rings. The van der Waals surface area contributed by atoms with Gasteiger partial charge in [-0.05, 0) is 52.9 Å². The number of nitrogens with zero attached hydrogens (tertiary/aromatic N) is 3. The molecule has 0 aliphatic heterocycles. The van der Waals surface area contributed by atoms with Gasteiger partial charge in [-0.25, -0.2) is 13.6 Å². The fourth-order valence-corrected chi connectivity index (χ4v) is 3.82. The molecule has 12 nitrogen and oxygen atoms in total. The number of carboxylic acids is 1. The zero-order valence-electron chi connectivity index (χ0n) is 22.0. The molecule has 0 fully saturated rings. The van der Waals surface area contributed by atoms with Crippen LogP contribution in [-0.4, -0.2) is 48.3 Å². The van der Waals surface area contributed by atoms with Crippen LogP contribution in [0.2, 0.25) is 0 Å². The number of hydrogen-bond acceptors (Lipinski definition) is 10. The molecule has 1 unspecified atom stereocenters. The molecule has 0 spiro atoms. The Morgan fingerprint density at radius 3 is 2.38 bits per heavy atom. The summed E-state index contributed by atoms with van der Waals surface area (Å²) in [5, 5.41) is 30.8. The van der Waals surface area contributed by atoms with Crippen molar-refractivity contribution in [1.29, 1.82) is 0 Å². The molecule has 4 aromatic rings. The molecule has 6 N–H and O–H groups in total. The third kappa shape index (κ3) is 7.22. The quantitative estimate of drug-likeness (QED) is 0.174. The Balaban J connectivity index is 1.68. The highest BCUT2D eigenvalue weighted by atomic mass is 19.1. The van der Waals surface area contributed by atoms with E-state index < -0.39 is 53.3 Å². The van der Waals surface area contributed by atoms with Crippen LogP contribution in [0, 0.1) is 11.6 Å². The van der Waals surface area contributed by atoms with Crippen molar-refractivity contribution in [3.8, 4) is 40.5 Å². The monoisotopic (exact) mass is 581 g/mol. The maximum Gasteiger partial charge on any atom is 0.344 e. The number of nitrogens with two attached hydrogens (primary N) is 1. The van der Waals surface area contributed by atoms with Crippen LogP contribution in [0.25, 0.3) is 11.1 Å². The van der Waals surface area contributed by atoms with Gasteiger partial charge in [-0.1, -0.05) is 25.1 Å². The minimum atomic E-state index is -1.42. The van der Waals surface area contributed by atoms with Crippen molar-refractivity contribution in [1.82, 2.24) is 20.3 Å². The summed E-state index contributed by atoms with van der Waals surface area (Å²) in [6.45, 7) is 1.68. The summed E-state index contributed by atoms with van der Waals surface area (Å²) in [4.78, 5) is 34.5. The van der Waals surface area contributed by atoms with E-state index in [0.29, 0.717) is 22.8 Å². The van der Waals surface area contributed by atoms with Gasteiger partial charge in [0.1, 0.15) is 11.4 Å². The Morgan fingerprint density at radius 2 is 1.69 bits per heavy atom. The number of ether oxygens (including phenoxy) is 2. The summed E-state index contributed by atoms with van der Waals surface area (Å²) >= 11 is 0. The van der Waals surface area contributed by atoms with Gasteiger partial charge >= 0.3 is 12.0 Å². The average Bonchev–Trinajstić information content (AvgIpc) is 2.96. The Bertz CT molecular complexity index is 1620. The molecule has 14 heteroatoms. The van der Waals surface area contributed by atoms with E-state index in [9.17, 15) is 33.7 Å². The van der Waals surface area contributed by atoms with Gasteiger partial charge in [0.05, 0.1) is 0 Å². The number of nitrogens with one attached hydrogen (secondary N) is 1. The Labute approximate surface area is 237 Å². The number of carbonyl (C=O) groups excluding carboxylic acids is 1. The molecular weight excluding hydrogens is 556 g/mol. The smallest absolute Gasteiger partial charge is 0.344 e. The third-order valence-corrected chi connectivity index (χ3v) is 5.83. The Hall–Kier alpha value is -5.37. The molecule has 2 heterocycles. The number of hydrogen-bond donors (Lipinski definition) is 5. The summed E-state index contributed by atoms with van der Waals surface area (Å²) in [6.07, 6.45) is -1.42. The van der Waals surface area contributed by atoms with Crippen molar-refractivity contribution in [2.75, 3.05) is 0 Å². The number of amides is 1. The van der Waals surface area contributed by atoms with Gasteiger partial charge in [-0.3, -0.25) is 4.79 Å². The summed E-state index contributed by atoms with van der Waals surface area (Å²) in [6, 6.07) is 12.6. The number of carboxylic acid groups (broad SMARTS) is 1. The Morgan fingerprint density at radius 1 is 0.952 bits per heavy atom. The molecule has 1 amide bonds. The van der Waals surface area contributed by atoms with Crippen molar-refractivity contribution in [3.63, 3.8) is 0 Å². The van der Waals surface area contributed by atoms with Crippen LogP contribution >= 0.6 is 0 Å². The van der Waals surface area contributed by atoms with Crippen molar-refractivity contribution < 1.29 is 43.2 Å². The lowest BCUT2D eigenvalue weighted by molar-refractivity contribution is -0.145. The van der Waals surface area contributed by atoms with Crippen LogP contribution in [0.3, 0.4) is 0 Å². The maximum atomic E-state index is 14.7. The lowest BCUT2D eigenvalue weighted by Gasteiger charge is -2.15. The largest absolute Gasteiger partial charge is 0.493 e. The SMILES string of the molecule is CCC(Oc1nc(Oc2cc(CNC(=O)c3cc(O)nc(O)n3)cc(-c3cccc(CN)c3)c2)c(F)cc1F)C(=O)O. The Kier molecular flexibility index (Phi) is 9.07. The summed E-state index contributed by atoms with van der Waals surface area (Å²) < 4.78 is 39.8. The molecule has 0 saturated heterocycles. The van der Waals surface area contributed by atoms with E-state index in [2.05, 4.69) is 20.3 Å². The van der Waals surface area contributed by atoms with Crippen molar-refractivity contribution in [2.45, 2.75) is 32.5 Å². The van der Waals surface area contributed by atoms with E-state index in [1.54, 1.807) is 24.3 Å². The number of benzene rings is 2. The number of pyridine rings is 1. The molecule has 1 atom stereocenters. The normalized spacial score (nSPS) is 11.5. The van der Waals surface area contributed by atoms with Crippen molar-refractivity contribution >= 4 is 11.9 Å². The van der Waals surface area contributed by atoms with Gasteiger partial charge in [-0.15, -0.1) is 0 Å². The van der Waals surface area contributed by atoms with E-state index >= 15 is 0 Å². The number of aromatic nitrogens is 3. The summed E-state index contributed by atoms with van der Waals surface area (Å²) in [5.74, 6) is -6.46. The maximum absolute atomic E-state index is 14.7. The molecular formula is C28H25F2N5O7. The molecule has 2 aromatic carbocycles. The molecule has 4 rings (SSSR count). The predicted octanol–water partition coefficient (Wildman–Crippen LogP) is 3.65. The minimum absolute atomic E-state index is 0.00272. The fraction of sp³-hybridized carbons (Fsp3) is 0.179. The first-order chi connectivity index (χ1) is 20.1. The van der Waals surface area contributed by atoms with Crippen LogP contribution in [0.5, 0.6) is 29.4 Å². The molecule has 0 saturated carbocycles. The van der Waals surface area contributed by atoms with Crippen LogP contribution in [0.1, 0.15) is 35.0 Å². The summed E-state index contributed by atoms with van der Waals surface area (Å²) in [5.41, 5.74) is 8.07. The first-order valence-corrected chi connectivity index (χ1v) is 12.5. The molecule has 42 heavy (non-hydrogen) atoms. The van der Waals surface area contributed by atoms with E-state index in [1.807, 2.05) is 12.1 Å². The van der Waals surface area contributed by atoms with E-state index in [-0.39, 0.29) is 31.0 Å². The van der Waals surface area contributed by atoms with Crippen LogP contribution < -0.4 is 20.5 Å². The van der Waals surface area contributed by atoms with Crippen LogP contribution in [0.15, 0.2) is 54.6 Å². The van der Waals surface area contributed by atoms with Gasteiger partial charge < -0.3 is 35.8 Å². The highest BCUT2D eigenvalue weighted by Gasteiger charge is 2.23. The third-order valence-electron chi connectivity index (χ3n) is 5.83. The molecule has 2 aromatic heterocycles. The zero-order chi connectivity index (χ0) is 30.4. The number of halogens is 2. The second-order valence-corrected chi connectivity index (χ2v) is 8.88. The van der Waals surface area contributed by atoms with Gasteiger partial charge in [0, 0.05) is 25.2 Å². The van der Waals surface area contributed by atoms with Crippen LogP contribution in [0.4, 0.5) is 8.78 Å². The molecule has 0 bridgehead atoms. The predicted molar refractivity (Wildman–Crippen MR) is 143 cm³/mol.